The van der Waals surface area contributed by atoms with Gasteiger partial charge < -0.3 is 12.4 Å². The molecule has 0 bridgehead atoms. The number of halogens is 33. The van der Waals surface area contributed by atoms with Crippen LogP contribution in [0.25, 0.3) is 60.9 Å². The Balaban J connectivity index is 0.000000266. The summed E-state index contributed by atoms with van der Waals surface area (Å²) in [6.07, 6.45) is 8.98. The molecular formula is C92H51B2ClF32N2Na+. The van der Waals surface area contributed by atoms with Gasteiger partial charge in [-0.15, -0.1) is 48.3 Å². The minimum atomic E-state index is -6.71. The Hall–Kier alpha value is -13.1. The Morgan fingerprint density at radius 3 is 0.615 bits per heavy atom. The Labute approximate surface area is 745 Å². The molecule has 0 fully saturated rings. The molecule has 0 atom stereocenters. The van der Waals surface area contributed by atoms with E-state index in [1.807, 2.05) is 65.5 Å². The van der Waals surface area contributed by atoms with Gasteiger partial charge in [0, 0.05) is 54.5 Å². The molecule has 0 N–H and O–H groups in total. The zero-order valence-electron chi connectivity index (χ0n) is 66.0. The molecule has 0 unspecified atom stereocenters. The maximum Gasteiger partial charge on any atom is 1.00 e. The quantitative estimate of drug-likeness (QED) is 0.0223. The molecule has 38 heteroatoms. The summed E-state index contributed by atoms with van der Waals surface area (Å²) in [4.78, 5) is 0. The van der Waals surface area contributed by atoms with Crippen LogP contribution < -0.4 is 94.8 Å². The van der Waals surface area contributed by atoms with Gasteiger partial charge in [0.15, 0.2) is 130 Å². The topological polar surface area (TPSA) is 7.76 Å². The van der Waals surface area contributed by atoms with Crippen molar-refractivity contribution in [1.29, 1.82) is 0 Å². The SMILES string of the molecule is C=CC1=C[CH+]C(=C[n+]2ccccc2)C=C1.C=Cc1c(F)c(F)c([B-](c2c(F)c(F)c(C=C)c(F)c2F)(c2c(F)c(F)c(C=C)c(F)c2F)c2c(F)c(F)c(C=C)c(F)c2F)c(F)c1F.C=Cc1c(F)c(F)c([B-](c2c(F)c(F)c(C=C)c(F)c2F)(c2c(F)c(F)c(C=C)c(F)c2F)c2c(F)c(F)c(C=C)c(F)c2F)c(F)c1F.C=Cc1ccc(C[n+]2ccccc2)cc1.[Cl-].[Na+]. The maximum absolute atomic E-state index is 16.1. The zero-order chi connectivity index (χ0) is 95.4. The predicted octanol–water partition coefficient (Wildman–Crippen LogP) is 15.1. The molecule has 0 aliphatic heterocycles. The smallest absolute Gasteiger partial charge is 1.00 e. The minimum absolute atomic E-state index is 0. The van der Waals surface area contributed by atoms with E-state index in [9.17, 15) is 0 Å². The van der Waals surface area contributed by atoms with Crippen molar-refractivity contribution in [2.75, 3.05) is 0 Å². The molecule has 1 aliphatic rings. The first-order chi connectivity index (χ1) is 60.5. The number of hydrogen-bond acceptors (Lipinski definition) is 0. The number of rotatable bonds is 21. The summed E-state index contributed by atoms with van der Waals surface area (Å²) in [7, 11) is 0. The summed E-state index contributed by atoms with van der Waals surface area (Å²) in [6.45, 7) is 30.9. The van der Waals surface area contributed by atoms with Crippen molar-refractivity contribution in [2.24, 2.45) is 0 Å². The van der Waals surface area contributed by atoms with Crippen LogP contribution in [-0.4, -0.2) is 12.3 Å². The molecule has 12 rings (SSSR count). The second-order valence-electron chi connectivity index (χ2n) is 26.8. The second kappa shape index (κ2) is 42.0. The fraction of sp³-hybridized carbons (Fsp3) is 0.0109. The number of pyridine rings is 2. The molecule has 2 aromatic heterocycles. The van der Waals surface area contributed by atoms with E-state index in [0.717, 1.165) is 17.7 Å². The molecule has 0 amide bonds. The van der Waals surface area contributed by atoms with Crippen LogP contribution in [0.15, 0.2) is 187 Å². The van der Waals surface area contributed by atoms with E-state index >= 15 is 140 Å². The van der Waals surface area contributed by atoms with Gasteiger partial charge in [-0.05, 0) is 11.6 Å². The van der Waals surface area contributed by atoms with Crippen LogP contribution in [0.2, 0.25) is 0 Å². The van der Waals surface area contributed by atoms with Gasteiger partial charge in [-0.25, -0.2) is 145 Å². The standard InChI is InChI=1S/2C32H12BF16.C14H14N.C14H13N.ClH.Na/c2*1-5-9-17(34)25(42)13(26(43)18(9)35)33(14-27(44)19(36)10(6-2)20(37)28(14)45,15-29(46)21(38)11(7-3)22(39)30(15)47)16-31(48)23(40)12(8-4)24(41)32(16)49;2*1-2-13-6-8-14(9-7-13)12-15-10-4-3-5-11-15;;/h2*5-8H,1-4H2;2-11H,1,12H2;2-12H,1H2;1H;/q2*-1;+1;+2;;+1/p-1. The fourth-order valence-electron chi connectivity index (χ4n) is 14.4. The van der Waals surface area contributed by atoms with Crippen LogP contribution in [0, 0.1) is 193 Å². The van der Waals surface area contributed by atoms with Crippen LogP contribution in [0.1, 0.15) is 55.6 Å². The van der Waals surface area contributed by atoms with Crippen LogP contribution >= 0.6 is 0 Å². The van der Waals surface area contributed by atoms with Gasteiger partial charge in [0.2, 0.25) is 0 Å². The van der Waals surface area contributed by atoms with Crippen molar-refractivity contribution in [2.45, 2.75) is 6.54 Å². The summed E-state index contributed by atoms with van der Waals surface area (Å²) < 4.78 is 507. The zero-order valence-corrected chi connectivity index (χ0v) is 68.8. The van der Waals surface area contributed by atoms with Gasteiger partial charge in [-0.3, -0.25) is 0 Å². The molecule has 0 radical (unpaired) electrons. The largest absolute Gasteiger partial charge is 1.00 e. The second-order valence-corrected chi connectivity index (χ2v) is 26.8. The van der Waals surface area contributed by atoms with Gasteiger partial charge >= 0.3 is 29.6 Å². The summed E-state index contributed by atoms with van der Waals surface area (Å²) >= 11 is 0. The molecule has 9 aromatic carbocycles. The Bertz CT molecular complexity index is 5480. The van der Waals surface area contributed by atoms with E-state index < -0.39 is 287 Å². The first-order valence-electron chi connectivity index (χ1n) is 35.9. The monoisotopic (exact) mass is 1870 g/mol. The molecule has 0 spiro atoms. The minimum Gasteiger partial charge on any atom is -1.00 e. The van der Waals surface area contributed by atoms with Gasteiger partial charge in [0.1, 0.15) is 105 Å². The first-order valence-corrected chi connectivity index (χ1v) is 35.9. The molecular weight excluding hydrogens is 1820 g/mol. The van der Waals surface area contributed by atoms with Crippen LogP contribution in [0.3, 0.4) is 0 Å². The average Bonchev–Trinajstić information content (AvgIpc) is 0.683. The number of benzene rings is 9. The number of allylic oxidation sites excluding steroid dienone is 6. The molecule has 666 valence electrons. The third kappa shape index (κ3) is 17.6. The van der Waals surface area contributed by atoms with Crippen molar-refractivity contribution < 1.29 is 192 Å². The Morgan fingerprint density at radius 1 is 0.246 bits per heavy atom. The summed E-state index contributed by atoms with van der Waals surface area (Å²) in [6, 6.07) is 20.6. The Morgan fingerprint density at radius 2 is 0.446 bits per heavy atom. The molecule has 0 saturated heterocycles. The van der Waals surface area contributed by atoms with Crippen LogP contribution in [-0.2, 0) is 6.54 Å². The van der Waals surface area contributed by atoms with Crippen molar-refractivity contribution in [3.8, 4) is 0 Å². The van der Waals surface area contributed by atoms with Crippen molar-refractivity contribution in [3.05, 3.63) is 435 Å². The van der Waals surface area contributed by atoms with E-state index in [1.54, 1.807) is 0 Å². The fourth-order valence-corrected chi connectivity index (χ4v) is 14.4. The van der Waals surface area contributed by atoms with Crippen LogP contribution in [0.5, 0.6) is 0 Å². The number of nitrogens with zero attached hydrogens (tertiary/aromatic N) is 2. The molecule has 2 nitrogen and oxygen atoms in total. The molecule has 11 aromatic rings. The molecule has 130 heavy (non-hydrogen) atoms. The van der Waals surface area contributed by atoms with Gasteiger partial charge in [-0.1, -0.05) is 157 Å². The van der Waals surface area contributed by atoms with Crippen LogP contribution in [0.4, 0.5) is 140 Å². The van der Waals surface area contributed by atoms with E-state index in [2.05, 4.69) is 138 Å². The predicted molar refractivity (Wildman–Crippen MR) is 424 cm³/mol. The average molecular weight is 1870 g/mol. The number of hydrogen-bond donors (Lipinski definition) is 0. The molecule has 0 saturated carbocycles. The summed E-state index contributed by atoms with van der Waals surface area (Å²) in [5.41, 5.74) is -34.6. The van der Waals surface area contributed by atoms with E-state index in [4.69, 9.17) is 0 Å². The van der Waals surface area contributed by atoms with Gasteiger partial charge in [0.25, 0.3) is 6.20 Å². The first kappa shape index (κ1) is 104. The third-order valence-electron chi connectivity index (χ3n) is 20.3. The third-order valence-corrected chi connectivity index (χ3v) is 20.3. The van der Waals surface area contributed by atoms with E-state index in [0.29, 0.717) is 0 Å². The van der Waals surface area contributed by atoms with Gasteiger partial charge in [0.05, 0.1) is 50.1 Å². The van der Waals surface area contributed by atoms with Crippen molar-refractivity contribution >= 4 is 117 Å². The molecule has 1 aliphatic carbocycles. The van der Waals surface area contributed by atoms with E-state index in [-0.39, 0.29) is 90.6 Å². The van der Waals surface area contributed by atoms with E-state index in [1.165, 1.54) is 11.1 Å². The molecule has 2 heterocycles. The van der Waals surface area contributed by atoms with Crippen molar-refractivity contribution in [3.63, 3.8) is 0 Å². The van der Waals surface area contributed by atoms with Gasteiger partial charge in [-0.2, -0.15) is 0 Å². The Kier molecular flexibility index (Phi) is 33.6. The van der Waals surface area contributed by atoms with Crippen molar-refractivity contribution in [1.82, 2.24) is 0 Å². The normalized spacial score (nSPS) is 11.8. The summed E-state index contributed by atoms with van der Waals surface area (Å²) in [5.74, 6) is -95.0. The number of aromatic nitrogens is 2. The maximum atomic E-state index is 16.1. The summed E-state index contributed by atoms with van der Waals surface area (Å²) in [5, 5.41) is 0.